The number of nitrogens with zero attached hydrogens (tertiary/aromatic N) is 1. The molecule has 6 nitrogen and oxygen atoms in total. The summed E-state index contributed by atoms with van der Waals surface area (Å²) in [5.74, 6) is 0. The fourth-order valence-corrected chi connectivity index (χ4v) is 1.87. The topological polar surface area (TPSA) is 89.3 Å². The number of nitrogens with one attached hydrogen (secondary N) is 1. The van der Waals surface area contributed by atoms with Crippen LogP contribution in [-0.4, -0.2) is 18.6 Å². The molecule has 0 spiro atoms. The first-order valence-electron chi connectivity index (χ1n) is 5.00. The molecule has 0 radical (unpaired) electrons. The SMILES string of the molecule is Cc1ccc([N+](=O)[O-])c(NS(=O)(=O)C(C)C)c1. The molecule has 0 atom stereocenters. The van der Waals surface area contributed by atoms with E-state index < -0.39 is 20.2 Å². The molecule has 0 unspecified atom stereocenters. The number of rotatable bonds is 4. The number of benzene rings is 1. The zero-order valence-corrected chi connectivity index (χ0v) is 10.6. The lowest BCUT2D eigenvalue weighted by Gasteiger charge is -2.11. The van der Waals surface area contributed by atoms with E-state index in [2.05, 4.69) is 4.72 Å². The summed E-state index contributed by atoms with van der Waals surface area (Å²) in [6.45, 7) is 4.74. The Morgan fingerprint density at radius 2 is 1.94 bits per heavy atom. The van der Waals surface area contributed by atoms with Gasteiger partial charge in [-0.1, -0.05) is 6.07 Å². The summed E-state index contributed by atoms with van der Waals surface area (Å²) in [6, 6.07) is 4.29. The molecule has 0 amide bonds. The molecule has 0 saturated carbocycles. The molecule has 0 fully saturated rings. The number of hydrogen-bond donors (Lipinski definition) is 1. The van der Waals surface area contributed by atoms with Crippen LogP contribution in [0.1, 0.15) is 19.4 Å². The monoisotopic (exact) mass is 258 g/mol. The van der Waals surface area contributed by atoms with Crippen molar-refractivity contribution < 1.29 is 13.3 Å². The van der Waals surface area contributed by atoms with Crippen LogP contribution in [0.2, 0.25) is 0 Å². The average molecular weight is 258 g/mol. The molecule has 0 aliphatic heterocycles. The van der Waals surface area contributed by atoms with Crippen molar-refractivity contribution in [2.24, 2.45) is 0 Å². The molecular weight excluding hydrogens is 244 g/mol. The van der Waals surface area contributed by atoms with Gasteiger partial charge in [0.25, 0.3) is 5.69 Å². The molecule has 1 N–H and O–H groups in total. The lowest BCUT2D eigenvalue weighted by molar-refractivity contribution is -0.383. The van der Waals surface area contributed by atoms with E-state index in [9.17, 15) is 18.5 Å². The summed E-state index contributed by atoms with van der Waals surface area (Å²) in [5, 5.41) is 10.1. The molecule has 7 heteroatoms. The smallest absolute Gasteiger partial charge is 0.277 e. The number of hydrogen-bond acceptors (Lipinski definition) is 4. The summed E-state index contributed by atoms with van der Waals surface area (Å²) >= 11 is 0. The predicted molar refractivity (Wildman–Crippen MR) is 65.5 cm³/mol. The fourth-order valence-electron chi connectivity index (χ4n) is 1.16. The summed E-state index contributed by atoms with van der Waals surface area (Å²) in [6.07, 6.45) is 0. The second-order valence-corrected chi connectivity index (χ2v) is 6.21. The van der Waals surface area contributed by atoms with E-state index >= 15 is 0 Å². The van der Waals surface area contributed by atoms with Gasteiger partial charge in [-0.15, -0.1) is 0 Å². The third-order valence-electron chi connectivity index (χ3n) is 2.22. The van der Waals surface area contributed by atoms with Crippen molar-refractivity contribution in [3.63, 3.8) is 0 Å². The van der Waals surface area contributed by atoms with Gasteiger partial charge in [0.15, 0.2) is 0 Å². The van der Waals surface area contributed by atoms with Gasteiger partial charge in [0.05, 0.1) is 10.2 Å². The zero-order valence-electron chi connectivity index (χ0n) is 9.80. The van der Waals surface area contributed by atoms with E-state index in [1.165, 1.54) is 26.0 Å². The maximum absolute atomic E-state index is 11.7. The summed E-state index contributed by atoms with van der Waals surface area (Å²) in [7, 11) is -3.58. The molecule has 0 aliphatic rings. The highest BCUT2D eigenvalue weighted by Crippen LogP contribution is 2.26. The van der Waals surface area contributed by atoms with Crippen LogP contribution in [0.4, 0.5) is 11.4 Å². The Bertz CT molecular complexity index is 537. The van der Waals surface area contributed by atoms with Gasteiger partial charge in [0.1, 0.15) is 5.69 Å². The normalized spacial score (nSPS) is 11.5. The van der Waals surface area contributed by atoms with Gasteiger partial charge in [0, 0.05) is 6.07 Å². The van der Waals surface area contributed by atoms with Crippen LogP contribution in [0.25, 0.3) is 0 Å². The van der Waals surface area contributed by atoms with Gasteiger partial charge < -0.3 is 0 Å². The first-order chi connectivity index (χ1) is 7.74. The van der Waals surface area contributed by atoms with Crippen LogP contribution in [0.15, 0.2) is 18.2 Å². The van der Waals surface area contributed by atoms with E-state index in [1.807, 2.05) is 0 Å². The van der Waals surface area contributed by atoms with Crippen LogP contribution in [0, 0.1) is 17.0 Å². The van der Waals surface area contributed by atoms with Crippen molar-refractivity contribution in [1.29, 1.82) is 0 Å². The number of nitro benzene ring substituents is 1. The highest BCUT2D eigenvalue weighted by Gasteiger charge is 2.21. The van der Waals surface area contributed by atoms with Crippen molar-refractivity contribution in [3.05, 3.63) is 33.9 Å². The highest BCUT2D eigenvalue weighted by atomic mass is 32.2. The second kappa shape index (κ2) is 4.70. The lowest BCUT2D eigenvalue weighted by Crippen LogP contribution is -2.23. The lowest BCUT2D eigenvalue weighted by atomic mass is 10.2. The van der Waals surface area contributed by atoms with Gasteiger partial charge in [0.2, 0.25) is 10.0 Å². The molecule has 0 heterocycles. The Labute approximate surface area is 99.9 Å². The molecule has 94 valence electrons. The van der Waals surface area contributed by atoms with Gasteiger partial charge in [-0.25, -0.2) is 8.42 Å². The first-order valence-corrected chi connectivity index (χ1v) is 6.55. The second-order valence-electron chi connectivity index (χ2n) is 3.97. The van der Waals surface area contributed by atoms with Gasteiger partial charge in [-0.3, -0.25) is 14.8 Å². The molecule has 1 rings (SSSR count). The Morgan fingerprint density at radius 1 is 1.35 bits per heavy atom. The minimum absolute atomic E-state index is 0.00343. The third-order valence-corrected chi connectivity index (χ3v) is 3.97. The van der Waals surface area contributed by atoms with Crippen LogP contribution in [0.3, 0.4) is 0 Å². The fraction of sp³-hybridized carbons (Fsp3) is 0.400. The molecule has 0 aromatic heterocycles. The third kappa shape index (κ3) is 3.16. The van der Waals surface area contributed by atoms with E-state index in [4.69, 9.17) is 0 Å². The number of anilines is 1. The Kier molecular flexibility index (Phi) is 3.72. The number of nitro groups is 1. The van der Waals surface area contributed by atoms with Crippen molar-refractivity contribution in [3.8, 4) is 0 Å². The average Bonchev–Trinajstić information content (AvgIpc) is 2.15. The van der Waals surface area contributed by atoms with E-state index in [0.29, 0.717) is 0 Å². The van der Waals surface area contributed by atoms with Crippen LogP contribution < -0.4 is 4.72 Å². The Balaban J connectivity index is 3.22. The first kappa shape index (κ1) is 13.4. The van der Waals surface area contributed by atoms with Crippen LogP contribution in [0.5, 0.6) is 0 Å². The molecule has 0 saturated heterocycles. The summed E-state index contributed by atoms with van der Waals surface area (Å²) in [5.41, 5.74) is 0.501. The molecule has 1 aromatic carbocycles. The minimum atomic E-state index is -3.58. The number of aryl methyl sites for hydroxylation is 1. The molecule has 0 aliphatic carbocycles. The maximum Gasteiger partial charge on any atom is 0.293 e. The van der Waals surface area contributed by atoms with Crippen molar-refractivity contribution in [2.75, 3.05) is 4.72 Å². The van der Waals surface area contributed by atoms with Crippen molar-refractivity contribution in [1.82, 2.24) is 0 Å². The van der Waals surface area contributed by atoms with E-state index in [1.54, 1.807) is 13.0 Å². The molecule has 17 heavy (non-hydrogen) atoms. The largest absolute Gasteiger partial charge is 0.293 e. The predicted octanol–water partition coefficient (Wildman–Crippen LogP) is 2.05. The minimum Gasteiger partial charge on any atom is -0.277 e. The van der Waals surface area contributed by atoms with Gasteiger partial charge >= 0.3 is 0 Å². The standard InChI is InChI=1S/C10H14N2O4S/c1-7(2)17(15,16)11-9-6-8(3)4-5-10(9)12(13)14/h4-7,11H,1-3H3. The Hall–Kier alpha value is -1.63. The zero-order chi connectivity index (χ0) is 13.2. The highest BCUT2D eigenvalue weighted by molar-refractivity contribution is 7.93. The van der Waals surface area contributed by atoms with Crippen LogP contribution in [-0.2, 0) is 10.0 Å². The van der Waals surface area contributed by atoms with Crippen LogP contribution >= 0.6 is 0 Å². The quantitative estimate of drug-likeness (QED) is 0.661. The van der Waals surface area contributed by atoms with Crippen molar-refractivity contribution >= 4 is 21.4 Å². The molecule has 1 aromatic rings. The number of sulfonamides is 1. The Morgan fingerprint density at radius 3 is 2.41 bits per heavy atom. The summed E-state index contributed by atoms with van der Waals surface area (Å²) < 4.78 is 25.5. The van der Waals surface area contributed by atoms with Gasteiger partial charge in [-0.2, -0.15) is 0 Å². The van der Waals surface area contributed by atoms with Crippen molar-refractivity contribution in [2.45, 2.75) is 26.0 Å². The maximum atomic E-state index is 11.7. The molecule has 0 bridgehead atoms. The van der Waals surface area contributed by atoms with E-state index in [-0.39, 0.29) is 11.4 Å². The summed E-state index contributed by atoms with van der Waals surface area (Å²) in [4.78, 5) is 10.1. The van der Waals surface area contributed by atoms with E-state index in [0.717, 1.165) is 5.56 Å². The molecular formula is C10H14N2O4S. The van der Waals surface area contributed by atoms with Gasteiger partial charge in [-0.05, 0) is 32.4 Å².